The van der Waals surface area contributed by atoms with E-state index in [9.17, 15) is 9.59 Å². The van der Waals surface area contributed by atoms with Crippen molar-refractivity contribution in [3.05, 3.63) is 91.0 Å². The molecule has 0 aliphatic heterocycles. The quantitative estimate of drug-likeness (QED) is 0.0592. The van der Waals surface area contributed by atoms with Crippen LogP contribution in [0.25, 0.3) is 0 Å². The van der Waals surface area contributed by atoms with Crippen molar-refractivity contribution >= 4 is 40.4 Å². The lowest BCUT2D eigenvalue weighted by atomic mass is 10.1. The first-order valence-electron chi connectivity index (χ1n) is 15.4. The van der Waals surface area contributed by atoms with Crippen molar-refractivity contribution < 1.29 is 19.1 Å². The molecule has 0 spiro atoms. The molecule has 0 N–H and O–H groups in total. The van der Waals surface area contributed by atoms with Gasteiger partial charge in [-0.3, -0.25) is 0 Å². The SMILES string of the molecule is C=CC(=O)OCCN(CC)c1ccc(N=Nc2ccc(N=Nc3ccc(C(=O)OCCCCCCCCC)cc3)cc2)cc1. The van der Waals surface area contributed by atoms with Gasteiger partial charge < -0.3 is 14.4 Å². The molecule has 3 aromatic rings. The van der Waals surface area contributed by atoms with Crippen molar-refractivity contribution in [2.24, 2.45) is 20.5 Å². The number of likely N-dealkylation sites (N-methyl/N-ethyl adjacent to an activating group) is 1. The van der Waals surface area contributed by atoms with Gasteiger partial charge in [0.1, 0.15) is 6.61 Å². The number of azo groups is 2. The van der Waals surface area contributed by atoms with Gasteiger partial charge in [0.15, 0.2) is 0 Å². The molecule has 0 amide bonds. The standard InChI is InChI=1S/C35H43N5O4/c1-4-7-8-9-10-11-12-26-44-35(42)28-13-15-29(16-14-28)36-37-30-17-19-31(20-18-30)38-39-32-21-23-33(24-22-32)40(6-3)25-27-43-34(41)5-2/h5,13-24H,2,4,6-12,25-27H2,1,3H3. The molecule has 0 saturated carbocycles. The lowest BCUT2D eigenvalue weighted by Gasteiger charge is -2.22. The van der Waals surface area contributed by atoms with Crippen LogP contribution in [0.4, 0.5) is 28.4 Å². The van der Waals surface area contributed by atoms with Gasteiger partial charge in [0.25, 0.3) is 0 Å². The maximum Gasteiger partial charge on any atom is 0.338 e. The topological polar surface area (TPSA) is 105 Å². The first kappa shape index (κ1) is 33.8. The van der Waals surface area contributed by atoms with Gasteiger partial charge in [0.2, 0.25) is 0 Å². The smallest absolute Gasteiger partial charge is 0.338 e. The lowest BCUT2D eigenvalue weighted by Crippen LogP contribution is -2.27. The summed E-state index contributed by atoms with van der Waals surface area (Å²) < 4.78 is 10.5. The molecule has 0 atom stereocenters. The highest BCUT2D eigenvalue weighted by Crippen LogP contribution is 2.25. The fourth-order valence-corrected chi connectivity index (χ4v) is 4.30. The van der Waals surface area contributed by atoms with E-state index in [4.69, 9.17) is 9.47 Å². The van der Waals surface area contributed by atoms with Gasteiger partial charge in [-0.25, -0.2) is 9.59 Å². The Hall–Kier alpha value is -4.66. The fourth-order valence-electron chi connectivity index (χ4n) is 4.30. The van der Waals surface area contributed by atoms with E-state index in [1.165, 1.54) is 32.1 Å². The number of ether oxygens (including phenoxy) is 2. The van der Waals surface area contributed by atoms with E-state index < -0.39 is 5.97 Å². The maximum absolute atomic E-state index is 12.3. The molecule has 0 fully saturated rings. The number of hydrogen-bond acceptors (Lipinski definition) is 9. The molecule has 44 heavy (non-hydrogen) atoms. The molecule has 0 aliphatic carbocycles. The highest BCUT2D eigenvalue weighted by atomic mass is 16.5. The Balaban J connectivity index is 1.43. The van der Waals surface area contributed by atoms with Crippen LogP contribution in [-0.4, -0.2) is 38.2 Å². The molecule has 0 bridgehead atoms. The predicted molar refractivity (Wildman–Crippen MR) is 175 cm³/mol. The van der Waals surface area contributed by atoms with E-state index in [1.54, 1.807) is 24.3 Å². The third-order valence-electron chi connectivity index (χ3n) is 6.86. The van der Waals surface area contributed by atoms with Gasteiger partial charge in [0.05, 0.1) is 41.5 Å². The third kappa shape index (κ3) is 12.3. The van der Waals surface area contributed by atoms with E-state index in [2.05, 4.69) is 38.9 Å². The van der Waals surface area contributed by atoms with Gasteiger partial charge in [-0.15, -0.1) is 0 Å². The van der Waals surface area contributed by atoms with Crippen molar-refractivity contribution in [1.29, 1.82) is 0 Å². The molecule has 232 valence electrons. The maximum atomic E-state index is 12.3. The van der Waals surface area contributed by atoms with Crippen LogP contribution in [0, 0.1) is 0 Å². The second-order valence-electron chi connectivity index (χ2n) is 10.2. The van der Waals surface area contributed by atoms with Crippen molar-refractivity contribution in [2.75, 3.05) is 31.2 Å². The normalized spacial score (nSPS) is 11.1. The molecular weight excluding hydrogens is 554 g/mol. The molecule has 0 heterocycles. The van der Waals surface area contributed by atoms with Crippen molar-refractivity contribution in [3.63, 3.8) is 0 Å². The number of esters is 2. The van der Waals surface area contributed by atoms with Crippen molar-refractivity contribution in [1.82, 2.24) is 0 Å². The number of hydrogen-bond donors (Lipinski definition) is 0. The van der Waals surface area contributed by atoms with E-state index >= 15 is 0 Å². The van der Waals surface area contributed by atoms with E-state index in [0.29, 0.717) is 35.8 Å². The van der Waals surface area contributed by atoms with E-state index in [-0.39, 0.29) is 12.6 Å². The minimum Gasteiger partial charge on any atom is -0.462 e. The third-order valence-corrected chi connectivity index (χ3v) is 6.86. The van der Waals surface area contributed by atoms with Crippen LogP contribution >= 0.6 is 0 Å². The number of anilines is 1. The average molecular weight is 598 g/mol. The predicted octanol–water partition coefficient (Wildman–Crippen LogP) is 9.98. The zero-order valence-electron chi connectivity index (χ0n) is 25.9. The van der Waals surface area contributed by atoms with Gasteiger partial charge in [0, 0.05) is 18.3 Å². The molecule has 0 unspecified atom stereocenters. The second-order valence-corrected chi connectivity index (χ2v) is 10.2. The molecule has 3 rings (SSSR count). The summed E-state index contributed by atoms with van der Waals surface area (Å²) in [7, 11) is 0. The van der Waals surface area contributed by atoms with Gasteiger partial charge in [-0.1, -0.05) is 52.0 Å². The molecule has 0 aliphatic rings. The molecule has 3 aromatic carbocycles. The largest absolute Gasteiger partial charge is 0.462 e. The van der Waals surface area contributed by atoms with Crippen LogP contribution in [0.3, 0.4) is 0 Å². The first-order valence-corrected chi connectivity index (χ1v) is 15.4. The monoisotopic (exact) mass is 597 g/mol. The first-order chi connectivity index (χ1) is 21.5. The van der Waals surface area contributed by atoms with Crippen molar-refractivity contribution in [3.8, 4) is 0 Å². The zero-order valence-corrected chi connectivity index (χ0v) is 25.9. The summed E-state index contributed by atoms with van der Waals surface area (Å²) in [4.78, 5) is 25.6. The minimum absolute atomic E-state index is 0.290. The zero-order chi connectivity index (χ0) is 31.4. The number of rotatable bonds is 19. The Morgan fingerprint density at radius 3 is 1.64 bits per heavy atom. The van der Waals surface area contributed by atoms with Crippen LogP contribution in [-0.2, 0) is 14.3 Å². The van der Waals surface area contributed by atoms with Gasteiger partial charge in [-0.05, 0) is 86.1 Å². The van der Waals surface area contributed by atoms with Crippen LogP contribution in [0.1, 0.15) is 69.2 Å². The number of benzene rings is 3. The van der Waals surface area contributed by atoms with Gasteiger partial charge in [-0.2, -0.15) is 20.5 Å². The van der Waals surface area contributed by atoms with E-state index in [0.717, 1.165) is 36.8 Å². The second kappa shape index (κ2) is 19.5. The van der Waals surface area contributed by atoms with Crippen LogP contribution in [0.2, 0.25) is 0 Å². The fraction of sp³-hybridized carbons (Fsp3) is 0.371. The number of carbonyl (C=O) groups is 2. The summed E-state index contributed by atoms with van der Waals surface area (Å²) >= 11 is 0. The Morgan fingerprint density at radius 1 is 0.659 bits per heavy atom. The summed E-state index contributed by atoms with van der Waals surface area (Å²) in [5, 5.41) is 17.2. The summed E-state index contributed by atoms with van der Waals surface area (Å²) in [5.41, 5.74) is 4.23. The summed E-state index contributed by atoms with van der Waals surface area (Å²) in [6, 6.07) is 21.9. The Morgan fingerprint density at radius 2 is 1.14 bits per heavy atom. The molecule has 0 saturated heterocycles. The Labute approximate surface area is 260 Å². The molecule has 0 radical (unpaired) electrons. The van der Waals surface area contributed by atoms with Crippen LogP contribution < -0.4 is 4.90 Å². The summed E-state index contributed by atoms with van der Waals surface area (Å²) in [6.07, 6.45) is 9.42. The Bertz CT molecular complexity index is 1350. The average Bonchev–Trinajstić information content (AvgIpc) is 3.06. The number of nitrogens with zero attached hydrogens (tertiary/aromatic N) is 5. The number of carbonyl (C=O) groups excluding carboxylic acids is 2. The van der Waals surface area contributed by atoms with Crippen LogP contribution in [0.15, 0.2) is 106 Å². The summed E-state index contributed by atoms with van der Waals surface area (Å²) in [6.45, 7) is 9.75. The highest BCUT2D eigenvalue weighted by Gasteiger charge is 2.07. The minimum atomic E-state index is -0.424. The number of unbranched alkanes of at least 4 members (excludes halogenated alkanes) is 6. The van der Waals surface area contributed by atoms with E-state index in [1.807, 2.05) is 55.5 Å². The molecule has 9 heteroatoms. The molecular formula is C35H43N5O4. The molecule has 9 nitrogen and oxygen atoms in total. The lowest BCUT2D eigenvalue weighted by molar-refractivity contribution is -0.137. The Kier molecular flexibility index (Phi) is 15.0. The van der Waals surface area contributed by atoms with Gasteiger partial charge >= 0.3 is 11.9 Å². The molecule has 0 aromatic heterocycles. The summed E-state index contributed by atoms with van der Waals surface area (Å²) in [5.74, 6) is -0.737. The van der Waals surface area contributed by atoms with Crippen molar-refractivity contribution in [2.45, 2.75) is 58.8 Å². The highest BCUT2D eigenvalue weighted by molar-refractivity contribution is 5.89. The van der Waals surface area contributed by atoms with Crippen LogP contribution in [0.5, 0.6) is 0 Å².